The molecule has 0 bridgehead atoms. The maximum absolute atomic E-state index is 12.6. The molecule has 146 valence electrons. The van der Waals surface area contributed by atoms with Gasteiger partial charge in [-0.1, -0.05) is 6.07 Å². The maximum atomic E-state index is 12.6. The molecular weight excluding hydrogens is 340 g/mol. The highest BCUT2D eigenvalue weighted by Crippen LogP contribution is 2.33. The Morgan fingerprint density at radius 3 is 3.07 bits per heavy atom. The fraction of sp³-hybridized carbons (Fsp3) is 0.619. The molecule has 1 aliphatic heterocycles. The third kappa shape index (κ3) is 4.60. The lowest BCUT2D eigenvalue weighted by atomic mass is 10.0. The van der Waals surface area contributed by atoms with Gasteiger partial charge in [-0.15, -0.1) is 0 Å². The number of nitrogens with zero attached hydrogens (tertiary/aromatic N) is 2. The first-order chi connectivity index (χ1) is 13.1. The second-order valence-electron chi connectivity index (χ2n) is 7.53. The van der Waals surface area contributed by atoms with Gasteiger partial charge in [0.25, 0.3) is 0 Å². The van der Waals surface area contributed by atoms with Crippen molar-refractivity contribution in [1.82, 2.24) is 10.2 Å². The molecule has 0 aromatic heterocycles. The molecule has 3 N–H and O–H groups in total. The number of benzene rings is 1. The molecule has 3 atom stereocenters. The first-order valence-electron chi connectivity index (χ1n) is 10.00. The maximum Gasteiger partial charge on any atom is 0.240 e. The Labute approximate surface area is 161 Å². The van der Waals surface area contributed by atoms with E-state index in [1.807, 2.05) is 6.07 Å². The lowest BCUT2D eigenvalue weighted by Crippen LogP contribution is -2.50. The van der Waals surface area contributed by atoms with Crippen LogP contribution < -0.4 is 15.8 Å². The lowest BCUT2D eigenvalue weighted by Gasteiger charge is -2.33. The number of likely N-dealkylation sites (tertiary alicyclic amines) is 1. The van der Waals surface area contributed by atoms with Gasteiger partial charge in [-0.2, -0.15) is 5.26 Å². The van der Waals surface area contributed by atoms with E-state index in [1.165, 1.54) is 11.1 Å². The monoisotopic (exact) mass is 370 g/mol. The van der Waals surface area contributed by atoms with Crippen LogP contribution in [0.25, 0.3) is 0 Å². The lowest BCUT2D eigenvalue weighted by molar-refractivity contribution is -0.135. The molecular formula is C21H30N4O2. The summed E-state index contributed by atoms with van der Waals surface area (Å²) in [7, 11) is 1.69. The van der Waals surface area contributed by atoms with Gasteiger partial charge < -0.3 is 20.7 Å². The van der Waals surface area contributed by atoms with E-state index in [0.29, 0.717) is 19.0 Å². The van der Waals surface area contributed by atoms with Gasteiger partial charge in [-0.25, -0.2) is 0 Å². The molecule has 1 saturated heterocycles. The summed E-state index contributed by atoms with van der Waals surface area (Å²) in [5.74, 6) is 0.820. The Hall–Kier alpha value is -2.10. The van der Waals surface area contributed by atoms with Crippen molar-refractivity contribution < 1.29 is 9.53 Å². The molecule has 0 saturated carbocycles. The highest BCUT2D eigenvalue weighted by molar-refractivity contribution is 5.82. The van der Waals surface area contributed by atoms with E-state index in [1.54, 1.807) is 12.0 Å². The Bertz CT molecular complexity index is 700. The summed E-state index contributed by atoms with van der Waals surface area (Å²) in [5, 5.41) is 12.8. The van der Waals surface area contributed by atoms with E-state index in [2.05, 4.69) is 23.5 Å². The van der Waals surface area contributed by atoms with Crippen LogP contribution in [-0.2, 0) is 11.2 Å². The summed E-state index contributed by atoms with van der Waals surface area (Å²) in [6.45, 7) is 1.48. The van der Waals surface area contributed by atoms with Crippen LogP contribution in [0.2, 0.25) is 0 Å². The van der Waals surface area contributed by atoms with Gasteiger partial charge >= 0.3 is 0 Å². The van der Waals surface area contributed by atoms with Crippen LogP contribution in [-0.4, -0.2) is 43.1 Å². The molecule has 1 amide bonds. The summed E-state index contributed by atoms with van der Waals surface area (Å²) in [6, 6.07) is 8.04. The number of methoxy groups -OCH3 is 1. The van der Waals surface area contributed by atoms with E-state index in [9.17, 15) is 10.1 Å². The van der Waals surface area contributed by atoms with Gasteiger partial charge in [-0.05, 0) is 74.8 Å². The van der Waals surface area contributed by atoms with Crippen molar-refractivity contribution in [1.29, 1.82) is 5.26 Å². The fourth-order valence-electron chi connectivity index (χ4n) is 4.18. The molecule has 1 heterocycles. The van der Waals surface area contributed by atoms with Crippen LogP contribution in [0.3, 0.4) is 0 Å². The summed E-state index contributed by atoms with van der Waals surface area (Å²) < 4.78 is 5.34. The SMILES string of the molecule is COc1ccc2c(c1)C(NCCCC(N)C(=O)N1CCCCC1C#N)CC2. The van der Waals surface area contributed by atoms with Crippen LogP contribution in [0.1, 0.15) is 55.7 Å². The van der Waals surface area contributed by atoms with Crippen molar-refractivity contribution in [2.75, 3.05) is 20.2 Å². The summed E-state index contributed by atoms with van der Waals surface area (Å²) in [5.41, 5.74) is 8.83. The molecule has 2 aliphatic rings. The molecule has 0 radical (unpaired) electrons. The van der Waals surface area contributed by atoms with E-state index < -0.39 is 6.04 Å². The van der Waals surface area contributed by atoms with E-state index in [-0.39, 0.29) is 11.9 Å². The Morgan fingerprint density at radius 1 is 1.44 bits per heavy atom. The topological polar surface area (TPSA) is 91.4 Å². The van der Waals surface area contributed by atoms with Gasteiger partial charge in [0.1, 0.15) is 11.8 Å². The number of nitrogens with two attached hydrogens (primary N) is 1. The van der Waals surface area contributed by atoms with E-state index >= 15 is 0 Å². The largest absolute Gasteiger partial charge is 0.497 e. The number of piperidine rings is 1. The molecule has 1 aromatic carbocycles. The third-order valence-electron chi connectivity index (χ3n) is 5.77. The minimum atomic E-state index is -0.517. The Morgan fingerprint density at radius 2 is 2.30 bits per heavy atom. The Balaban J connectivity index is 1.44. The number of hydrogen-bond donors (Lipinski definition) is 2. The second-order valence-corrected chi connectivity index (χ2v) is 7.53. The minimum Gasteiger partial charge on any atom is -0.497 e. The molecule has 6 heteroatoms. The van der Waals surface area contributed by atoms with Gasteiger partial charge in [-0.3, -0.25) is 4.79 Å². The molecule has 1 aliphatic carbocycles. The number of nitriles is 1. The number of carbonyl (C=O) groups is 1. The van der Waals surface area contributed by atoms with Crippen LogP contribution in [0.15, 0.2) is 18.2 Å². The number of fused-ring (bicyclic) bond motifs is 1. The van der Waals surface area contributed by atoms with Gasteiger partial charge in [0.2, 0.25) is 5.91 Å². The summed E-state index contributed by atoms with van der Waals surface area (Å²) >= 11 is 0. The zero-order valence-corrected chi connectivity index (χ0v) is 16.1. The van der Waals surface area contributed by atoms with Crippen molar-refractivity contribution in [2.45, 2.75) is 63.1 Å². The normalized spacial score (nSPS) is 22.8. The van der Waals surface area contributed by atoms with Crippen molar-refractivity contribution in [3.05, 3.63) is 29.3 Å². The van der Waals surface area contributed by atoms with Crippen LogP contribution in [0.5, 0.6) is 5.75 Å². The van der Waals surface area contributed by atoms with Crippen molar-refractivity contribution >= 4 is 5.91 Å². The van der Waals surface area contributed by atoms with Gasteiger partial charge in [0.15, 0.2) is 0 Å². The minimum absolute atomic E-state index is 0.0720. The van der Waals surface area contributed by atoms with E-state index in [4.69, 9.17) is 10.5 Å². The smallest absolute Gasteiger partial charge is 0.240 e. The predicted molar refractivity (Wildman–Crippen MR) is 104 cm³/mol. The first kappa shape index (κ1) is 19.7. The molecule has 3 rings (SSSR count). The average molecular weight is 370 g/mol. The molecule has 27 heavy (non-hydrogen) atoms. The van der Waals surface area contributed by atoms with Crippen molar-refractivity contribution in [3.63, 3.8) is 0 Å². The van der Waals surface area contributed by atoms with Gasteiger partial charge in [0.05, 0.1) is 19.2 Å². The van der Waals surface area contributed by atoms with Crippen LogP contribution in [0.4, 0.5) is 0 Å². The highest BCUT2D eigenvalue weighted by atomic mass is 16.5. The van der Waals surface area contributed by atoms with Crippen LogP contribution in [0, 0.1) is 11.3 Å². The second kappa shape index (κ2) is 9.20. The quantitative estimate of drug-likeness (QED) is 0.719. The van der Waals surface area contributed by atoms with Gasteiger partial charge in [0, 0.05) is 12.6 Å². The molecule has 6 nitrogen and oxygen atoms in total. The summed E-state index contributed by atoms with van der Waals surface area (Å²) in [6.07, 6.45) is 6.38. The number of aryl methyl sites for hydroxylation is 1. The summed E-state index contributed by atoms with van der Waals surface area (Å²) in [4.78, 5) is 14.2. The average Bonchev–Trinajstić information content (AvgIpc) is 3.12. The first-order valence-corrected chi connectivity index (χ1v) is 10.00. The molecule has 1 fully saturated rings. The highest BCUT2D eigenvalue weighted by Gasteiger charge is 2.29. The number of nitrogens with one attached hydrogen (secondary N) is 1. The standard InChI is InChI=1S/C21H30N4O2/c1-27-17-9-7-15-8-10-20(18(15)13-17)24-11-4-6-19(23)21(26)25-12-3-2-5-16(25)14-22/h7,9,13,16,19-20,24H,2-6,8,10-12,23H2,1H3. The molecule has 1 aromatic rings. The zero-order valence-electron chi connectivity index (χ0n) is 16.1. The van der Waals surface area contributed by atoms with E-state index in [0.717, 1.165) is 50.8 Å². The number of amides is 1. The molecule has 3 unspecified atom stereocenters. The molecule has 0 spiro atoms. The van der Waals surface area contributed by atoms with Crippen molar-refractivity contribution in [3.8, 4) is 11.8 Å². The Kier molecular flexibility index (Phi) is 6.70. The zero-order chi connectivity index (χ0) is 19.2. The van der Waals surface area contributed by atoms with Crippen molar-refractivity contribution in [2.24, 2.45) is 5.73 Å². The number of rotatable bonds is 7. The number of ether oxygens (including phenoxy) is 1. The predicted octanol–water partition coefficient (Wildman–Crippen LogP) is 2.28. The fourth-order valence-corrected chi connectivity index (χ4v) is 4.18. The third-order valence-corrected chi connectivity index (χ3v) is 5.77. The number of carbonyl (C=O) groups excluding carboxylic acids is 1. The van der Waals surface area contributed by atoms with Crippen LogP contribution >= 0.6 is 0 Å². The number of hydrogen-bond acceptors (Lipinski definition) is 5.